The molecular formula is C21H17ClN2O4. The van der Waals surface area contributed by atoms with Crippen LogP contribution in [0.1, 0.15) is 29.7 Å². The van der Waals surface area contributed by atoms with E-state index >= 15 is 0 Å². The second kappa shape index (κ2) is 6.56. The van der Waals surface area contributed by atoms with Gasteiger partial charge in [0.25, 0.3) is 0 Å². The van der Waals surface area contributed by atoms with Crippen molar-refractivity contribution in [3.05, 3.63) is 70.6 Å². The fourth-order valence-corrected chi connectivity index (χ4v) is 3.56. The van der Waals surface area contributed by atoms with E-state index in [2.05, 4.69) is 10.3 Å². The summed E-state index contributed by atoms with van der Waals surface area (Å²) in [6.07, 6.45) is 3.76. The van der Waals surface area contributed by atoms with E-state index in [4.69, 9.17) is 25.5 Å². The Morgan fingerprint density at radius 2 is 1.89 bits per heavy atom. The molecule has 142 valence electrons. The Balaban J connectivity index is 1.29. The number of oxazole rings is 1. The molecule has 1 aromatic heterocycles. The average molecular weight is 397 g/mol. The number of amides is 1. The number of benzene rings is 2. The standard InChI is InChI=1S/C21H17ClN2O4/c22-15-4-1-13(2-5-15)9-16-11-23-20(28-16)24-19(25)21(7-8-21)14-3-6-17-18(10-14)27-12-26-17/h1-6,10-11H,7-9,12H2,(H,23,24,25). The molecule has 2 aliphatic rings. The lowest BCUT2D eigenvalue weighted by Gasteiger charge is -2.14. The molecule has 28 heavy (non-hydrogen) atoms. The first kappa shape index (κ1) is 17.1. The maximum absolute atomic E-state index is 12.9. The maximum Gasteiger partial charge on any atom is 0.301 e. The van der Waals surface area contributed by atoms with Gasteiger partial charge in [0, 0.05) is 11.4 Å². The minimum absolute atomic E-state index is 0.119. The topological polar surface area (TPSA) is 73.6 Å². The van der Waals surface area contributed by atoms with Gasteiger partial charge in [0.1, 0.15) is 5.76 Å². The van der Waals surface area contributed by atoms with Crippen LogP contribution in [0.4, 0.5) is 6.01 Å². The number of nitrogens with zero attached hydrogens (tertiary/aromatic N) is 1. The number of anilines is 1. The zero-order chi connectivity index (χ0) is 19.1. The Kier molecular flexibility index (Phi) is 4.02. The van der Waals surface area contributed by atoms with Crippen molar-refractivity contribution in [2.24, 2.45) is 0 Å². The van der Waals surface area contributed by atoms with Crippen LogP contribution in [0, 0.1) is 0 Å². The molecule has 2 heterocycles. The van der Waals surface area contributed by atoms with E-state index in [-0.39, 0.29) is 18.7 Å². The van der Waals surface area contributed by atoms with E-state index in [1.165, 1.54) is 0 Å². The molecule has 0 bridgehead atoms. The number of rotatable bonds is 5. The summed E-state index contributed by atoms with van der Waals surface area (Å²) in [5.74, 6) is 1.94. The fraction of sp³-hybridized carbons (Fsp3) is 0.238. The second-order valence-electron chi connectivity index (χ2n) is 7.04. The van der Waals surface area contributed by atoms with E-state index in [9.17, 15) is 4.79 Å². The number of carbonyl (C=O) groups is 1. The van der Waals surface area contributed by atoms with Crippen molar-refractivity contribution in [2.45, 2.75) is 24.7 Å². The summed E-state index contributed by atoms with van der Waals surface area (Å²) in [5.41, 5.74) is 1.41. The number of aromatic nitrogens is 1. The quantitative estimate of drug-likeness (QED) is 0.695. The zero-order valence-electron chi connectivity index (χ0n) is 14.9. The highest BCUT2D eigenvalue weighted by Crippen LogP contribution is 2.51. The van der Waals surface area contributed by atoms with Crippen LogP contribution in [-0.4, -0.2) is 17.7 Å². The second-order valence-corrected chi connectivity index (χ2v) is 7.48. The average Bonchev–Trinajstić information content (AvgIpc) is 3.18. The Labute approximate surface area is 166 Å². The van der Waals surface area contributed by atoms with Crippen LogP contribution in [0.25, 0.3) is 0 Å². The van der Waals surface area contributed by atoms with E-state index in [1.54, 1.807) is 6.20 Å². The third-order valence-electron chi connectivity index (χ3n) is 5.18. The number of hydrogen-bond acceptors (Lipinski definition) is 5. The van der Waals surface area contributed by atoms with Crippen molar-refractivity contribution in [3.63, 3.8) is 0 Å². The molecule has 0 unspecified atom stereocenters. The molecule has 6 nitrogen and oxygen atoms in total. The third-order valence-corrected chi connectivity index (χ3v) is 5.43. The molecule has 1 N–H and O–H groups in total. The van der Waals surface area contributed by atoms with E-state index in [0.29, 0.717) is 28.7 Å². The first-order valence-electron chi connectivity index (χ1n) is 9.03. The van der Waals surface area contributed by atoms with Crippen LogP contribution >= 0.6 is 11.6 Å². The minimum Gasteiger partial charge on any atom is -0.454 e. The van der Waals surface area contributed by atoms with Gasteiger partial charge < -0.3 is 13.9 Å². The third kappa shape index (κ3) is 3.10. The highest BCUT2D eigenvalue weighted by atomic mass is 35.5. The Morgan fingerprint density at radius 3 is 2.68 bits per heavy atom. The Hall–Kier alpha value is -2.99. The van der Waals surface area contributed by atoms with Crippen LogP contribution in [0.2, 0.25) is 5.02 Å². The molecule has 1 fully saturated rings. The van der Waals surface area contributed by atoms with Gasteiger partial charge in [0.2, 0.25) is 12.7 Å². The molecule has 1 amide bonds. The molecule has 1 aliphatic carbocycles. The normalized spacial score (nSPS) is 16.0. The molecule has 1 saturated carbocycles. The minimum atomic E-state index is -0.564. The summed E-state index contributed by atoms with van der Waals surface area (Å²) in [6.45, 7) is 0.213. The molecule has 0 atom stereocenters. The summed E-state index contributed by atoms with van der Waals surface area (Å²) < 4.78 is 16.5. The van der Waals surface area contributed by atoms with E-state index < -0.39 is 5.41 Å². The summed E-state index contributed by atoms with van der Waals surface area (Å²) in [4.78, 5) is 17.1. The van der Waals surface area contributed by atoms with Gasteiger partial charge in [0.05, 0.1) is 11.6 Å². The van der Waals surface area contributed by atoms with Gasteiger partial charge in [-0.05, 0) is 48.2 Å². The largest absolute Gasteiger partial charge is 0.454 e. The smallest absolute Gasteiger partial charge is 0.301 e. The van der Waals surface area contributed by atoms with Crippen molar-refractivity contribution in [1.82, 2.24) is 4.98 Å². The van der Waals surface area contributed by atoms with Crippen molar-refractivity contribution >= 4 is 23.5 Å². The van der Waals surface area contributed by atoms with Crippen molar-refractivity contribution in [2.75, 3.05) is 12.1 Å². The van der Waals surface area contributed by atoms with Crippen LogP contribution in [0.5, 0.6) is 11.5 Å². The first-order valence-corrected chi connectivity index (χ1v) is 9.41. The van der Waals surface area contributed by atoms with Gasteiger partial charge in [0.15, 0.2) is 11.5 Å². The summed E-state index contributed by atoms with van der Waals surface area (Å²) in [6, 6.07) is 13.4. The maximum atomic E-state index is 12.9. The van der Waals surface area contributed by atoms with Gasteiger partial charge in [-0.1, -0.05) is 29.8 Å². The Morgan fingerprint density at radius 1 is 1.11 bits per heavy atom. The zero-order valence-corrected chi connectivity index (χ0v) is 15.7. The molecule has 7 heteroatoms. The highest BCUT2D eigenvalue weighted by Gasteiger charge is 2.52. The van der Waals surface area contributed by atoms with Gasteiger partial charge in [-0.25, -0.2) is 4.98 Å². The van der Waals surface area contributed by atoms with Crippen molar-refractivity contribution < 1.29 is 18.7 Å². The SMILES string of the molecule is O=C(Nc1ncc(Cc2ccc(Cl)cc2)o1)C1(c2ccc3c(c2)OCO3)CC1. The van der Waals surface area contributed by atoms with Gasteiger partial charge in [-0.3, -0.25) is 10.1 Å². The molecule has 0 spiro atoms. The van der Waals surface area contributed by atoms with Crippen molar-refractivity contribution in [1.29, 1.82) is 0 Å². The van der Waals surface area contributed by atoms with Crippen LogP contribution in [0.15, 0.2) is 53.1 Å². The number of halogens is 1. The highest BCUT2D eigenvalue weighted by molar-refractivity contribution is 6.30. The molecule has 2 aromatic carbocycles. The van der Waals surface area contributed by atoms with Gasteiger partial charge >= 0.3 is 6.01 Å². The van der Waals surface area contributed by atoms with Crippen LogP contribution in [-0.2, 0) is 16.6 Å². The monoisotopic (exact) mass is 396 g/mol. The predicted molar refractivity (Wildman–Crippen MR) is 103 cm³/mol. The molecule has 0 radical (unpaired) electrons. The molecule has 3 aromatic rings. The van der Waals surface area contributed by atoms with Gasteiger partial charge in [-0.2, -0.15) is 0 Å². The van der Waals surface area contributed by atoms with E-state index in [0.717, 1.165) is 24.0 Å². The summed E-state index contributed by atoms with van der Waals surface area (Å²) >= 11 is 5.91. The fourth-order valence-electron chi connectivity index (χ4n) is 3.43. The molecule has 0 saturated heterocycles. The number of ether oxygens (including phenoxy) is 2. The number of hydrogen-bond donors (Lipinski definition) is 1. The Bertz CT molecular complexity index is 1040. The summed E-state index contributed by atoms with van der Waals surface area (Å²) in [7, 11) is 0. The lowest BCUT2D eigenvalue weighted by atomic mass is 9.94. The molecular weight excluding hydrogens is 380 g/mol. The van der Waals surface area contributed by atoms with Crippen LogP contribution < -0.4 is 14.8 Å². The lowest BCUT2D eigenvalue weighted by molar-refractivity contribution is -0.118. The summed E-state index contributed by atoms with van der Waals surface area (Å²) in [5, 5.41) is 3.50. The van der Waals surface area contributed by atoms with Crippen molar-refractivity contribution in [3.8, 4) is 11.5 Å². The van der Waals surface area contributed by atoms with Crippen LogP contribution in [0.3, 0.4) is 0 Å². The molecule has 5 rings (SSSR count). The number of carbonyl (C=O) groups excluding carboxylic acids is 1. The first-order chi connectivity index (χ1) is 13.6. The van der Waals surface area contributed by atoms with E-state index in [1.807, 2.05) is 42.5 Å². The predicted octanol–water partition coefficient (Wildman–Crippen LogP) is 4.32. The number of nitrogens with one attached hydrogen (secondary N) is 1. The van der Waals surface area contributed by atoms with Gasteiger partial charge in [-0.15, -0.1) is 0 Å². The lowest BCUT2D eigenvalue weighted by Crippen LogP contribution is -2.27. The molecule has 1 aliphatic heterocycles. The number of fused-ring (bicyclic) bond motifs is 1.